The van der Waals surface area contributed by atoms with E-state index in [4.69, 9.17) is 11.5 Å². The molecule has 0 saturated heterocycles. The van der Waals surface area contributed by atoms with E-state index in [2.05, 4.69) is 18.2 Å². The minimum absolute atomic E-state index is 0. The molecule has 0 aliphatic heterocycles. The van der Waals surface area contributed by atoms with Gasteiger partial charge in [0.25, 0.3) is 0 Å². The van der Waals surface area contributed by atoms with Crippen molar-refractivity contribution in [2.24, 2.45) is 11.5 Å². The Morgan fingerprint density at radius 3 is 2.38 bits per heavy atom. The highest BCUT2D eigenvalue weighted by Gasteiger charge is 2.24. The zero-order chi connectivity index (χ0) is 10.5. The quantitative estimate of drug-likeness (QED) is 0.686. The molecule has 2 nitrogen and oxygen atoms in total. The van der Waals surface area contributed by atoms with Gasteiger partial charge in [-0.15, -0.1) is 12.4 Å². The summed E-state index contributed by atoms with van der Waals surface area (Å²) in [6, 6.07) is 12.3. The van der Waals surface area contributed by atoms with Crippen molar-refractivity contribution in [2.75, 3.05) is 0 Å². The fourth-order valence-corrected chi connectivity index (χ4v) is 2.19. The van der Waals surface area contributed by atoms with Crippen molar-refractivity contribution in [3.05, 3.63) is 53.6 Å². The number of halogens is 1. The molecule has 0 radical (unpaired) electrons. The standard InChI is InChI=1S/C13H12N2.ClH/c14-13(15)8-7-10-4-1-3-9-5-2-6-11(13)12(9)10;/h1-8H,14-15H2;1H. The summed E-state index contributed by atoms with van der Waals surface area (Å²) >= 11 is 0. The van der Waals surface area contributed by atoms with E-state index in [-0.39, 0.29) is 12.4 Å². The Hall–Kier alpha value is -1.35. The Morgan fingerprint density at radius 2 is 1.62 bits per heavy atom. The lowest BCUT2D eigenvalue weighted by atomic mass is 9.87. The van der Waals surface area contributed by atoms with Gasteiger partial charge in [0.05, 0.1) is 0 Å². The molecule has 16 heavy (non-hydrogen) atoms. The number of nitrogens with two attached hydrogens (primary N) is 2. The van der Waals surface area contributed by atoms with E-state index < -0.39 is 5.66 Å². The van der Waals surface area contributed by atoms with Gasteiger partial charge in [-0.05, 0) is 28.0 Å². The molecule has 0 heterocycles. The van der Waals surface area contributed by atoms with Crippen molar-refractivity contribution in [1.29, 1.82) is 0 Å². The normalized spacial score (nSPS) is 15.9. The summed E-state index contributed by atoms with van der Waals surface area (Å²) in [6.07, 6.45) is 3.85. The summed E-state index contributed by atoms with van der Waals surface area (Å²) in [4.78, 5) is 0. The number of hydrogen-bond donors (Lipinski definition) is 2. The molecule has 0 spiro atoms. The third-order valence-corrected chi connectivity index (χ3v) is 2.94. The van der Waals surface area contributed by atoms with Crippen molar-refractivity contribution in [3.63, 3.8) is 0 Å². The molecular formula is C13H13ClN2. The number of hydrogen-bond acceptors (Lipinski definition) is 2. The average molecular weight is 233 g/mol. The first-order valence-electron chi connectivity index (χ1n) is 4.98. The zero-order valence-corrected chi connectivity index (χ0v) is 9.50. The highest BCUT2D eigenvalue weighted by atomic mass is 35.5. The molecule has 0 amide bonds. The third kappa shape index (κ3) is 1.43. The molecule has 0 saturated carbocycles. The smallest absolute Gasteiger partial charge is 0.110 e. The van der Waals surface area contributed by atoms with Crippen LogP contribution in [0, 0.1) is 0 Å². The maximum absolute atomic E-state index is 6.04. The van der Waals surface area contributed by atoms with Crippen LogP contribution in [0.2, 0.25) is 0 Å². The van der Waals surface area contributed by atoms with E-state index in [1.807, 2.05) is 30.4 Å². The van der Waals surface area contributed by atoms with E-state index in [1.54, 1.807) is 0 Å². The third-order valence-electron chi connectivity index (χ3n) is 2.94. The highest BCUT2D eigenvalue weighted by Crippen LogP contribution is 2.32. The molecule has 0 fully saturated rings. The van der Waals surface area contributed by atoms with Crippen LogP contribution in [0.15, 0.2) is 42.5 Å². The van der Waals surface area contributed by atoms with Crippen LogP contribution in [0.3, 0.4) is 0 Å². The molecule has 2 aromatic carbocycles. The first-order valence-corrected chi connectivity index (χ1v) is 4.98. The van der Waals surface area contributed by atoms with Gasteiger partial charge in [0.2, 0.25) is 0 Å². The maximum atomic E-state index is 6.04. The van der Waals surface area contributed by atoms with E-state index in [0.717, 1.165) is 5.56 Å². The molecule has 0 unspecified atom stereocenters. The van der Waals surface area contributed by atoms with Gasteiger partial charge in [-0.3, -0.25) is 0 Å². The fourth-order valence-electron chi connectivity index (χ4n) is 2.19. The van der Waals surface area contributed by atoms with Crippen molar-refractivity contribution in [3.8, 4) is 0 Å². The van der Waals surface area contributed by atoms with Crippen molar-refractivity contribution < 1.29 is 0 Å². The number of benzene rings is 2. The van der Waals surface area contributed by atoms with Gasteiger partial charge in [-0.1, -0.05) is 42.5 Å². The van der Waals surface area contributed by atoms with Crippen molar-refractivity contribution >= 4 is 29.3 Å². The van der Waals surface area contributed by atoms with Crippen LogP contribution in [0.1, 0.15) is 11.1 Å². The number of rotatable bonds is 0. The maximum Gasteiger partial charge on any atom is 0.110 e. The van der Waals surface area contributed by atoms with Crippen LogP contribution in [0.4, 0.5) is 0 Å². The van der Waals surface area contributed by atoms with E-state index in [0.29, 0.717) is 0 Å². The molecular weight excluding hydrogens is 220 g/mol. The van der Waals surface area contributed by atoms with Crippen LogP contribution in [-0.4, -0.2) is 0 Å². The first-order chi connectivity index (χ1) is 7.18. The van der Waals surface area contributed by atoms with Gasteiger partial charge in [0.15, 0.2) is 0 Å². The topological polar surface area (TPSA) is 52.0 Å². The fraction of sp³-hybridized carbons (Fsp3) is 0.0769. The van der Waals surface area contributed by atoms with Crippen LogP contribution >= 0.6 is 12.4 Å². The van der Waals surface area contributed by atoms with Gasteiger partial charge in [-0.25, -0.2) is 0 Å². The van der Waals surface area contributed by atoms with Crippen molar-refractivity contribution in [1.82, 2.24) is 0 Å². The Labute approximate surface area is 100 Å². The summed E-state index contributed by atoms with van der Waals surface area (Å²) < 4.78 is 0. The van der Waals surface area contributed by atoms with Gasteiger partial charge in [0, 0.05) is 0 Å². The molecule has 3 heteroatoms. The van der Waals surface area contributed by atoms with Gasteiger partial charge >= 0.3 is 0 Å². The predicted octanol–water partition coefficient (Wildman–Crippen LogP) is 2.36. The Bertz CT molecular complexity index is 568. The summed E-state index contributed by atoms with van der Waals surface area (Å²) in [7, 11) is 0. The molecule has 2 aromatic rings. The van der Waals surface area contributed by atoms with Crippen molar-refractivity contribution in [2.45, 2.75) is 5.66 Å². The second-order valence-electron chi connectivity index (χ2n) is 4.02. The van der Waals surface area contributed by atoms with Crippen LogP contribution < -0.4 is 11.5 Å². The SMILES string of the molecule is Cl.NC1(N)C=Cc2cccc3cccc1c23. The van der Waals surface area contributed by atoms with Crippen LogP contribution in [0.5, 0.6) is 0 Å². The molecule has 0 atom stereocenters. The lowest BCUT2D eigenvalue weighted by Gasteiger charge is -2.27. The zero-order valence-electron chi connectivity index (χ0n) is 8.68. The summed E-state index contributed by atoms with van der Waals surface area (Å²) in [6.45, 7) is 0. The average Bonchev–Trinajstić information content (AvgIpc) is 2.24. The van der Waals surface area contributed by atoms with Gasteiger partial charge < -0.3 is 11.5 Å². The first kappa shape index (κ1) is 11.1. The molecule has 4 N–H and O–H groups in total. The molecule has 1 aliphatic rings. The minimum Gasteiger partial charge on any atom is -0.306 e. The largest absolute Gasteiger partial charge is 0.306 e. The predicted molar refractivity (Wildman–Crippen MR) is 70.3 cm³/mol. The van der Waals surface area contributed by atoms with E-state index in [9.17, 15) is 0 Å². The minimum atomic E-state index is -0.839. The van der Waals surface area contributed by atoms with E-state index >= 15 is 0 Å². The Morgan fingerprint density at radius 1 is 0.938 bits per heavy atom. The Balaban J connectivity index is 0.000000963. The molecule has 3 rings (SSSR count). The summed E-state index contributed by atoms with van der Waals surface area (Å²) in [5.74, 6) is 0. The van der Waals surface area contributed by atoms with Crippen LogP contribution in [0.25, 0.3) is 16.8 Å². The summed E-state index contributed by atoms with van der Waals surface area (Å²) in [5.41, 5.74) is 13.4. The second-order valence-corrected chi connectivity index (χ2v) is 4.02. The lowest BCUT2D eigenvalue weighted by molar-refractivity contribution is 0.599. The lowest BCUT2D eigenvalue weighted by Crippen LogP contribution is -2.45. The van der Waals surface area contributed by atoms with E-state index in [1.165, 1.54) is 16.3 Å². The molecule has 82 valence electrons. The summed E-state index contributed by atoms with van der Waals surface area (Å²) in [5, 5.41) is 2.36. The van der Waals surface area contributed by atoms with Gasteiger partial charge in [-0.2, -0.15) is 0 Å². The monoisotopic (exact) mass is 232 g/mol. The molecule has 1 aliphatic carbocycles. The second kappa shape index (κ2) is 3.59. The van der Waals surface area contributed by atoms with Gasteiger partial charge in [0.1, 0.15) is 5.66 Å². The van der Waals surface area contributed by atoms with Crippen LogP contribution in [-0.2, 0) is 5.66 Å². The highest BCUT2D eigenvalue weighted by molar-refractivity contribution is 5.96. The molecule has 0 aromatic heterocycles. The Kier molecular flexibility index (Phi) is 2.50. The molecule has 0 bridgehead atoms.